The lowest BCUT2D eigenvalue weighted by molar-refractivity contribution is -0.154. The molecule has 0 radical (unpaired) electrons. The van der Waals surface area contributed by atoms with E-state index in [4.69, 9.17) is 24.3 Å². The number of nitrogens with two attached hydrogens (primary N) is 1. The van der Waals surface area contributed by atoms with Crippen LogP contribution in [-0.2, 0) is 27.9 Å². The second kappa shape index (κ2) is 57.4. The summed E-state index contributed by atoms with van der Waals surface area (Å²) in [7, 11) is -4.28. The second-order valence-corrected chi connectivity index (χ2v) is 22.4. The van der Waals surface area contributed by atoms with E-state index >= 15 is 0 Å². The van der Waals surface area contributed by atoms with E-state index in [1.807, 2.05) is 0 Å². The average molecular weight is 987 g/mol. The van der Waals surface area contributed by atoms with Gasteiger partial charge in [-0.05, 0) is 12.8 Å². The Labute approximate surface area is 424 Å². The minimum absolute atomic E-state index is 0.0894. The molecule has 8 nitrogen and oxygen atoms in total. The summed E-state index contributed by atoms with van der Waals surface area (Å²) in [4.78, 5) is 22.7. The van der Waals surface area contributed by atoms with E-state index in [9.17, 15) is 14.3 Å². The van der Waals surface area contributed by atoms with Gasteiger partial charge in [0, 0.05) is 19.6 Å². The normalized spacial score (nSPS) is 13.1. The summed E-state index contributed by atoms with van der Waals surface area (Å²) in [6.07, 6.45) is 66.0. The Morgan fingerprint density at radius 1 is 0.382 bits per heavy atom. The van der Waals surface area contributed by atoms with Crippen LogP contribution in [-0.4, -0.2) is 49.9 Å². The highest BCUT2D eigenvalue weighted by Crippen LogP contribution is 2.43. The molecule has 1 unspecified atom stereocenters. The van der Waals surface area contributed by atoms with Crippen LogP contribution in [0.5, 0.6) is 0 Å². The third-order valence-corrected chi connectivity index (χ3v) is 15.0. The van der Waals surface area contributed by atoms with E-state index < -0.39 is 13.9 Å². The predicted molar refractivity (Wildman–Crippen MR) is 294 cm³/mol. The Morgan fingerprint density at radius 2 is 0.647 bits per heavy atom. The summed E-state index contributed by atoms with van der Waals surface area (Å²) in [5.74, 6) is -0.318. The summed E-state index contributed by atoms with van der Waals surface area (Å²) in [6.45, 7) is 5.03. The molecule has 0 aromatic heterocycles. The smallest absolute Gasteiger partial charge is 0.457 e. The van der Waals surface area contributed by atoms with Crippen LogP contribution in [0.25, 0.3) is 0 Å². The number of esters is 1. The second-order valence-electron chi connectivity index (χ2n) is 20.9. The third-order valence-electron chi connectivity index (χ3n) is 14.0. The number of ether oxygens (including phenoxy) is 2. The molecule has 2 atom stereocenters. The Hall–Kier alpha value is -0.500. The zero-order valence-electron chi connectivity index (χ0n) is 45.9. The maximum atomic E-state index is 12.7. The minimum Gasteiger partial charge on any atom is -0.457 e. The highest BCUT2D eigenvalue weighted by Gasteiger charge is 2.25. The molecule has 0 aliphatic rings. The molecule has 9 heteroatoms. The van der Waals surface area contributed by atoms with Gasteiger partial charge in [0.2, 0.25) is 0 Å². The summed E-state index contributed by atoms with van der Waals surface area (Å²) in [5.41, 5.74) is 5.41. The molecule has 0 saturated carbocycles. The molecule has 3 N–H and O–H groups in total. The number of hydrogen-bond donors (Lipinski definition) is 2. The quantitative estimate of drug-likeness (QED) is 0.0352. The van der Waals surface area contributed by atoms with E-state index in [-0.39, 0.29) is 32.3 Å². The predicted octanol–water partition coefficient (Wildman–Crippen LogP) is 19.6. The van der Waals surface area contributed by atoms with Crippen LogP contribution in [0.2, 0.25) is 0 Å². The topological polar surface area (TPSA) is 117 Å². The van der Waals surface area contributed by atoms with Crippen LogP contribution in [0.1, 0.15) is 335 Å². The molecule has 0 saturated heterocycles. The number of phosphoric acid groups is 1. The van der Waals surface area contributed by atoms with Crippen molar-refractivity contribution in [3.05, 3.63) is 0 Å². The number of carbonyl (C=O) groups excluding carboxylic acids is 1. The number of phosphoric ester groups is 1. The lowest BCUT2D eigenvalue weighted by atomic mass is 10.0. The molecule has 68 heavy (non-hydrogen) atoms. The maximum absolute atomic E-state index is 12.7. The van der Waals surface area contributed by atoms with Gasteiger partial charge >= 0.3 is 13.8 Å². The first kappa shape index (κ1) is 67.5. The zero-order valence-corrected chi connectivity index (χ0v) is 46.8. The Kier molecular flexibility index (Phi) is 57.0. The standard InChI is InChI=1S/C59H120NO7P/c1-3-5-7-9-11-13-15-17-19-21-23-25-26-27-28-29-30-31-32-33-34-36-38-40-42-44-46-48-50-52-59(61)67-58(57-66-68(62,63)65-55-53-60)56-64-54-51-49-47-45-43-41-39-37-35-24-22-20-18-16-14-12-10-8-6-4-2/h58H,3-57,60H2,1-2H3,(H,62,63)/t58-/m1/s1. The summed E-state index contributed by atoms with van der Waals surface area (Å²) >= 11 is 0. The third kappa shape index (κ3) is 56.4. The lowest BCUT2D eigenvalue weighted by Gasteiger charge is -2.20. The fourth-order valence-electron chi connectivity index (χ4n) is 9.53. The average Bonchev–Trinajstić information content (AvgIpc) is 3.33. The van der Waals surface area contributed by atoms with E-state index in [1.165, 1.54) is 283 Å². The van der Waals surface area contributed by atoms with Gasteiger partial charge in [0.1, 0.15) is 6.10 Å². The van der Waals surface area contributed by atoms with Crippen molar-refractivity contribution in [3.8, 4) is 0 Å². The Morgan fingerprint density at radius 3 is 0.926 bits per heavy atom. The molecule has 0 aromatic rings. The van der Waals surface area contributed by atoms with Crippen molar-refractivity contribution in [2.75, 3.05) is 33.0 Å². The van der Waals surface area contributed by atoms with E-state index in [1.54, 1.807) is 0 Å². The highest BCUT2D eigenvalue weighted by atomic mass is 31.2. The Bertz CT molecular complexity index is 1020. The van der Waals surface area contributed by atoms with E-state index in [2.05, 4.69) is 13.8 Å². The van der Waals surface area contributed by atoms with Crippen LogP contribution in [0.15, 0.2) is 0 Å². The van der Waals surface area contributed by atoms with Gasteiger partial charge in [0.25, 0.3) is 0 Å². The fraction of sp³-hybridized carbons (Fsp3) is 0.983. The summed E-state index contributed by atoms with van der Waals surface area (Å²) in [6, 6.07) is 0. The zero-order chi connectivity index (χ0) is 49.4. The van der Waals surface area contributed by atoms with Crippen LogP contribution in [0.4, 0.5) is 0 Å². The number of carbonyl (C=O) groups is 1. The largest absolute Gasteiger partial charge is 0.472 e. The molecule has 408 valence electrons. The molecule has 0 aliphatic carbocycles. The van der Waals surface area contributed by atoms with Crippen molar-refractivity contribution < 1.29 is 32.8 Å². The highest BCUT2D eigenvalue weighted by molar-refractivity contribution is 7.47. The van der Waals surface area contributed by atoms with Gasteiger partial charge in [-0.15, -0.1) is 0 Å². The first-order chi connectivity index (χ1) is 33.4. The van der Waals surface area contributed by atoms with Crippen molar-refractivity contribution in [3.63, 3.8) is 0 Å². The van der Waals surface area contributed by atoms with Crippen LogP contribution in [0, 0.1) is 0 Å². The summed E-state index contributed by atoms with van der Waals surface area (Å²) in [5, 5.41) is 0. The van der Waals surface area contributed by atoms with Gasteiger partial charge < -0.3 is 20.1 Å². The van der Waals surface area contributed by atoms with Crippen LogP contribution in [0.3, 0.4) is 0 Å². The molecule has 0 rings (SSSR count). The lowest BCUT2D eigenvalue weighted by Crippen LogP contribution is -2.28. The number of unbranched alkanes of at least 4 members (excludes halogenated alkanes) is 47. The van der Waals surface area contributed by atoms with Gasteiger partial charge in [0.05, 0.1) is 19.8 Å². The first-order valence-corrected chi connectivity index (χ1v) is 32.0. The van der Waals surface area contributed by atoms with Crippen molar-refractivity contribution >= 4 is 13.8 Å². The van der Waals surface area contributed by atoms with Crippen molar-refractivity contribution in [1.29, 1.82) is 0 Å². The fourth-order valence-corrected chi connectivity index (χ4v) is 10.3. The molecular weight excluding hydrogens is 866 g/mol. The molecule has 0 spiro atoms. The molecule has 0 bridgehead atoms. The van der Waals surface area contributed by atoms with Gasteiger partial charge in [-0.1, -0.05) is 316 Å². The van der Waals surface area contributed by atoms with E-state index in [0.29, 0.717) is 13.0 Å². The monoisotopic (exact) mass is 986 g/mol. The molecule has 0 heterocycles. The van der Waals surface area contributed by atoms with Crippen LogP contribution < -0.4 is 5.73 Å². The first-order valence-electron chi connectivity index (χ1n) is 30.5. The Balaban J connectivity index is 3.76. The van der Waals surface area contributed by atoms with Gasteiger partial charge in [-0.25, -0.2) is 4.57 Å². The van der Waals surface area contributed by atoms with Gasteiger partial charge in [0.15, 0.2) is 0 Å². The van der Waals surface area contributed by atoms with E-state index in [0.717, 1.165) is 32.1 Å². The van der Waals surface area contributed by atoms with Crippen molar-refractivity contribution in [2.24, 2.45) is 5.73 Å². The molecule has 0 fully saturated rings. The molecular formula is C59H120NO7P. The SMILES string of the molecule is CCCCCCCCCCCCCCCCCCCCCCCCCCCCCCCC(=O)O[C@H](COCCCCCCCCCCCCCCCCCCCCCC)COP(=O)(O)OCCN. The molecule has 0 amide bonds. The molecule has 0 aliphatic heterocycles. The van der Waals surface area contributed by atoms with Gasteiger partial charge in [-0.2, -0.15) is 0 Å². The number of rotatable bonds is 60. The maximum Gasteiger partial charge on any atom is 0.472 e. The summed E-state index contributed by atoms with van der Waals surface area (Å²) < 4.78 is 33.7. The number of hydrogen-bond acceptors (Lipinski definition) is 7. The molecule has 0 aromatic carbocycles. The minimum atomic E-state index is -4.28. The van der Waals surface area contributed by atoms with Gasteiger partial charge in [-0.3, -0.25) is 13.8 Å². The van der Waals surface area contributed by atoms with Crippen molar-refractivity contribution in [2.45, 2.75) is 341 Å². The van der Waals surface area contributed by atoms with Crippen LogP contribution >= 0.6 is 7.82 Å². The van der Waals surface area contributed by atoms with Crippen molar-refractivity contribution in [1.82, 2.24) is 0 Å².